The molecular weight excluding hydrogens is 338 g/mol. The molecule has 4 bridgehead atoms. The summed E-state index contributed by atoms with van der Waals surface area (Å²) in [4.78, 5) is 15.0. The molecule has 1 aliphatic heterocycles. The summed E-state index contributed by atoms with van der Waals surface area (Å²) in [5, 5.41) is 20.4. The minimum absolute atomic E-state index is 0.0524. The summed E-state index contributed by atoms with van der Waals surface area (Å²) in [5.41, 5.74) is 1.95. The summed E-state index contributed by atoms with van der Waals surface area (Å²) >= 11 is 0. The largest absolute Gasteiger partial charge is 0.508 e. The van der Waals surface area contributed by atoms with Crippen LogP contribution >= 0.6 is 0 Å². The summed E-state index contributed by atoms with van der Waals surface area (Å²) < 4.78 is 0. The van der Waals surface area contributed by atoms with Crippen molar-refractivity contribution in [2.24, 2.45) is 17.3 Å². The zero-order chi connectivity index (χ0) is 18.6. The maximum atomic E-state index is 13.1. The van der Waals surface area contributed by atoms with E-state index >= 15 is 0 Å². The second-order valence-electron chi connectivity index (χ2n) is 9.73. The topological polar surface area (TPSA) is 60.8 Å². The van der Waals surface area contributed by atoms with Crippen LogP contribution in [0.15, 0.2) is 30.3 Å². The number of phenolic OH excluding ortho intramolecular Hbond substituents is 1. The predicted octanol–water partition coefficient (Wildman–Crippen LogP) is 3.73. The average Bonchev–Trinajstić information content (AvgIpc) is 2.60. The van der Waals surface area contributed by atoms with Gasteiger partial charge in [-0.1, -0.05) is 18.2 Å². The number of phenols is 1. The van der Waals surface area contributed by atoms with Crippen molar-refractivity contribution < 1.29 is 15.0 Å². The number of benzene rings is 1. The lowest BCUT2D eigenvalue weighted by molar-refractivity contribution is -0.171. The number of hydrogen-bond donors (Lipinski definition) is 2. The molecule has 1 aromatic carbocycles. The molecule has 1 heterocycles. The molecule has 27 heavy (non-hydrogen) atoms. The minimum atomic E-state index is -0.488. The van der Waals surface area contributed by atoms with E-state index in [1.807, 2.05) is 17.0 Å². The third-order valence-electron chi connectivity index (χ3n) is 7.48. The Morgan fingerprint density at radius 2 is 1.81 bits per heavy atom. The highest BCUT2D eigenvalue weighted by Gasteiger charge is 2.57. The molecule has 2 atom stereocenters. The lowest BCUT2D eigenvalue weighted by atomic mass is 9.47. The maximum Gasteiger partial charge on any atom is 0.223 e. The van der Waals surface area contributed by atoms with Gasteiger partial charge in [0.05, 0.1) is 5.60 Å². The summed E-state index contributed by atoms with van der Waals surface area (Å²) in [6, 6.07) is 7.31. The summed E-state index contributed by atoms with van der Waals surface area (Å²) in [5.74, 6) is 1.81. The fourth-order valence-electron chi connectivity index (χ4n) is 6.87. The van der Waals surface area contributed by atoms with Crippen LogP contribution in [0.1, 0.15) is 56.9 Å². The number of hydrogen-bond acceptors (Lipinski definition) is 3. The number of amides is 1. The third kappa shape index (κ3) is 3.18. The normalized spacial score (nSPS) is 37.4. The molecule has 0 spiro atoms. The van der Waals surface area contributed by atoms with Crippen LogP contribution in [0.2, 0.25) is 0 Å². The quantitative estimate of drug-likeness (QED) is 0.856. The lowest BCUT2D eigenvalue weighted by Crippen LogP contribution is -2.56. The van der Waals surface area contributed by atoms with Gasteiger partial charge in [-0.25, -0.2) is 0 Å². The Morgan fingerprint density at radius 1 is 1.11 bits per heavy atom. The van der Waals surface area contributed by atoms with E-state index in [4.69, 9.17) is 0 Å². The van der Waals surface area contributed by atoms with Gasteiger partial charge < -0.3 is 15.1 Å². The van der Waals surface area contributed by atoms with Crippen molar-refractivity contribution in [3.63, 3.8) is 0 Å². The Balaban J connectivity index is 1.26. The van der Waals surface area contributed by atoms with E-state index in [1.54, 1.807) is 12.1 Å². The molecule has 4 saturated carbocycles. The molecule has 1 amide bonds. The van der Waals surface area contributed by atoms with Crippen LogP contribution in [-0.4, -0.2) is 39.7 Å². The SMILES string of the molecule is O=C(CC12CC3CC(CC(O)(C3)C1)C2)N1CC=C(c2ccc(O)cc2)CC1. The highest BCUT2D eigenvalue weighted by molar-refractivity contribution is 5.79. The highest BCUT2D eigenvalue weighted by atomic mass is 16.3. The Bertz CT molecular complexity index is 767. The fourth-order valence-corrected chi connectivity index (χ4v) is 6.87. The van der Waals surface area contributed by atoms with Crippen molar-refractivity contribution in [3.8, 4) is 5.75 Å². The first kappa shape index (κ1) is 17.3. The molecule has 6 rings (SSSR count). The predicted molar refractivity (Wildman–Crippen MR) is 104 cm³/mol. The van der Waals surface area contributed by atoms with Crippen molar-refractivity contribution in [3.05, 3.63) is 35.9 Å². The molecule has 2 N–H and O–H groups in total. The maximum absolute atomic E-state index is 13.1. The Kier molecular flexibility index (Phi) is 3.91. The van der Waals surface area contributed by atoms with Gasteiger partial charge in [0.25, 0.3) is 0 Å². The van der Waals surface area contributed by atoms with Crippen LogP contribution in [0.3, 0.4) is 0 Å². The first-order valence-corrected chi connectivity index (χ1v) is 10.4. The summed E-state index contributed by atoms with van der Waals surface area (Å²) in [6.07, 6.45) is 9.93. The molecule has 4 heteroatoms. The molecule has 144 valence electrons. The van der Waals surface area contributed by atoms with Crippen molar-refractivity contribution in [1.29, 1.82) is 0 Å². The van der Waals surface area contributed by atoms with Crippen LogP contribution in [-0.2, 0) is 4.79 Å². The average molecular weight is 367 g/mol. The van der Waals surface area contributed by atoms with Gasteiger partial charge in [-0.05, 0) is 85.5 Å². The van der Waals surface area contributed by atoms with E-state index in [-0.39, 0.29) is 17.1 Å². The Morgan fingerprint density at radius 3 is 2.41 bits per heavy atom. The lowest BCUT2D eigenvalue weighted by Gasteiger charge is -2.60. The van der Waals surface area contributed by atoms with E-state index in [9.17, 15) is 15.0 Å². The monoisotopic (exact) mass is 367 g/mol. The molecule has 1 aromatic rings. The number of carbonyl (C=O) groups is 1. The Labute approximate surface area is 160 Å². The van der Waals surface area contributed by atoms with E-state index < -0.39 is 5.60 Å². The van der Waals surface area contributed by atoms with Crippen LogP contribution in [0.25, 0.3) is 5.57 Å². The number of aromatic hydroxyl groups is 1. The molecule has 4 aliphatic carbocycles. The zero-order valence-corrected chi connectivity index (χ0v) is 15.9. The zero-order valence-electron chi connectivity index (χ0n) is 15.9. The van der Waals surface area contributed by atoms with Gasteiger partial charge >= 0.3 is 0 Å². The number of rotatable bonds is 3. The van der Waals surface area contributed by atoms with E-state index in [1.165, 1.54) is 12.0 Å². The van der Waals surface area contributed by atoms with E-state index in [2.05, 4.69) is 6.08 Å². The fraction of sp³-hybridized carbons (Fsp3) is 0.609. The molecule has 4 fully saturated rings. The Hall–Kier alpha value is -1.81. The van der Waals surface area contributed by atoms with Crippen molar-refractivity contribution in [2.75, 3.05) is 13.1 Å². The van der Waals surface area contributed by atoms with Gasteiger partial charge in [-0.2, -0.15) is 0 Å². The van der Waals surface area contributed by atoms with Crippen molar-refractivity contribution in [2.45, 2.75) is 57.0 Å². The summed E-state index contributed by atoms with van der Waals surface area (Å²) in [6.45, 7) is 1.43. The van der Waals surface area contributed by atoms with Gasteiger partial charge in [0.2, 0.25) is 5.91 Å². The van der Waals surface area contributed by atoms with Crippen LogP contribution in [0.5, 0.6) is 5.75 Å². The summed E-state index contributed by atoms with van der Waals surface area (Å²) in [7, 11) is 0. The molecule has 0 saturated heterocycles. The van der Waals surface area contributed by atoms with Crippen LogP contribution in [0.4, 0.5) is 0 Å². The number of carbonyl (C=O) groups excluding carboxylic acids is 1. The van der Waals surface area contributed by atoms with Crippen molar-refractivity contribution in [1.82, 2.24) is 4.90 Å². The first-order chi connectivity index (χ1) is 12.9. The molecule has 0 aromatic heterocycles. The molecule has 2 unspecified atom stereocenters. The third-order valence-corrected chi connectivity index (χ3v) is 7.48. The second-order valence-corrected chi connectivity index (χ2v) is 9.73. The van der Waals surface area contributed by atoms with Gasteiger partial charge in [0, 0.05) is 19.5 Å². The van der Waals surface area contributed by atoms with Gasteiger partial charge in [-0.15, -0.1) is 0 Å². The number of nitrogens with zero attached hydrogens (tertiary/aromatic N) is 1. The smallest absolute Gasteiger partial charge is 0.223 e. The molecular formula is C23H29NO3. The highest BCUT2D eigenvalue weighted by Crippen LogP contribution is 2.62. The van der Waals surface area contributed by atoms with Gasteiger partial charge in [0.15, 0.2) is 0 Å². The molecule has 4 nitrogen and oxygen atoms in total. The molecule has 5 aliphatic rings. The van der Waals surface area contributed by atoms with E-state index in [0.29, 0.717) is 24.8 Å². The van der Waals surface area contributed by atoms with Gasteiger partial charge in [-0.3, -0.25) is 4.79 Å². The minimum Gasteiger partial charge on any atom is -0.508 e. The van der Waals surface area contributed by atoms with E-state index in [0.717, 1.165) is 50.6 Å². The van der Waals surface area contributed by atoms with Gasteiger partial charge in [0.1, 0.15) is 5.75 Å². The van der Waals surface area contributed by atoms with Crippen LogP contribution < -0.4 is 0 Å². The second kappa shape index (κ2) is 6.10. The number of aliphatic hydroxyl groups is 1. The first-order valence-electron chi connectivity index (χ1n) is 10.4. The van der Waals surface area contributed by atoms with Crippen molar-refractivity contribution >= 4 is 11.5 Å². The molecule has 0 radical (unpaired) electrons. The van der Waals surface area contributed by atoms with Crippen LogP contribution in [0, 0.1) is 17.3 Å². The standard InChI is InChI=1S/C23H29NO3/c25-20-3-1-18(2-4-20)19-5-7-24(8-6-19)21(26)14-22-10-16-9-17(11-22)13-23(27,12-16)15-22/h1-5,16-17,25,27H,6-15H2.